The molecule has 0 bridgehead atoms. The molecule has 0 aliphatic carbocycles. The smallest absolute Gasteiger partial charge is 0.00325 e. The maximum atomic E-state index is 5.26. The Morgan fingerprint density at radius 3 is 2.00 bits per heavy atom. The maximum Gasteiger partial charge on any atom is -0.00325 e. The molecular formula is C12H21N. The molecule has 0 amide bonds. The van der Waals surface area contributed by atoms with Gasteiger partial charge in [-0.3, -0.25) is 0 Å². The second-order valence-corrected chi connectivity index (χ2v) is 2.18. The van der Waals surface area contributed by atoms with Crippen LogP contribution in [0.1, 0.15) is 27.7 Å². The van der Waals surface area contributed by atoms with E-state index >= 15 is 0 Å². The van der Waals surface area contributed by atoms with E-state index in [-0.39, 0.29) is 0 Å². The van der Waals surface area contributed by atoms with E-state index in [2.05, 4.69) is 0 Å². The van der Waals surface area contributed by atoms with Crippen LogP contribution in [0.5, 0.6) is 0 Å². The summed E-state index contributed by atoms with van der Waals surface area (Å²) < 4.78 is 0. The first-order valence-electron chi connectivity index (χ1n) is 4.65. The number of hydrogen-bond acceptors (Lipinski definition) is 1. The van der Waals surface area contributed by atoms with Gasteiger partial charge in [0.05, 0.1) is 0 Å². The Kier molecular flexibility index (Phi) is 14.7. The Hall–Kier alpha value is -1.24. The van der Waals surface area contributed by atoms with E-state index in [1.165, 1.54) is 0 Å². The van der Waals surface area contributed by atoms with Gasteiger partial charge in [0.2, 0.25) is 0 Å². The molecule has 0 atom stereocenters. The zero-order valence-corrected chi connectivity index (χ0v) is 9.12. The topological polar surface area (TPSA) is 26.0 Å². The van der Waals surface area contributed by atoms with Gasteiger partial charge in [-0.2, -0.15) is 0 Å². The highest BCUT2D eigenvalue weighted by atomic mass is 14.5. The molecule has 0 aromatic rings. The second-order valence-electron chi connectivity index (χ2n) is 2.18. The lowest BCUT2D eigenvalue weighted by molar-refractivity contribution is 1.43. The van der Waals surface area contributed by atoms with Crippen LogP contribution in [0.15, 0.2) is 48.2 Å². The van der Waals surface area contributed by atoms with Crippen molar-refractivity contribution in [2.24, 2.45) is 5.73 Å². The lowest BCUT2D eigenvalue weighted by atomic mass is 10.3. The molecule has 0 heterocycles. The van der Waals surface area contributed by atoms with Crippen molar-refractivity contribution >= 4 is 0 Å². The van der Waals surface area contributed by atoms with Crippen LogP contribution in [-0.4, -0.2) is 0 Å². The first kappa shape index (κ1) is 14.3. The zero-order chi connectivity index (χ0) is 10.5. The van der Waals surface area contributed by atoms with Gasteiger partial charge in [-0.05, 0) is 25.6 Å². The van der Waals surface area contributed by atoms with Crippen LogP contribution in [-0.2, 0) is 0 Å². The lowest BCUT2D eigenvalue weighted by Gasteiger charge is -1.83. The molecule has 0 aromatic carbocycles. The van der Waals surface area contributed by atoms with Crippen LogP contribution in [0.3, 0.4) is 0 Å². The van der Waals surface area contributed by atoms with E-state index in [0.29, 0.717) is 0 Å². The molecule has 0 aromatic heterocycles. The van der Waals surface area contributed by atoms with Gasteiger partial charge in [0, 0.05) is 0 Å². The third kappa shape index (κ3) is 13.7. The van der Waals surface area contributed by atoms with Gasteiger partial charge in [-0.15, -0.1) is 0 Å². The van der Waals surface area contributed by atoms with Crippen molar-refractivity contribution in [3.05, 3.63) is 48.2 Å². The fourth-order valence-electron chi connectivity index (χ4n) is 0.502. The number of hydrogen-bond donors (Lipinski definition) is 1. The van der Waals surface area contributed by atoms with Gasteiger partial charge in [0.25, 0.3) is 0 Å². The van der Waals surface area contributed by atoms with Gasteiger partial charge in [0.1, 0.15) is 0 Å². The average molecular weight is 179 g/mol. The summed E-state index contributed by atoms with van der Waals surface area (Å²) in [6, 6.07) is 0. The molecule has 0 radical (unpaired) electrons. The van der Waals surface area contributed by atoms with Gasteiger partial charge < -0.3 is 5.73 Å². The highest BCUT2D eigenvalue weighted by Crippen LogP contribution is 1.91. The molecule has 0 aliphatic rings. The third-order valence-corrected chi connectivity index (χ3v) is 1.15. The van der Waals surface area contributed by atoms with Gasteiger partial charge in [0.15, 0.2) is 0 Å². The molecule has 0 rings (SSSR count). The summed E-state index contributed by atoms with van der Waals surface area (Å²) in [5.41, 5.74) is 6.33. The fourth-order valence-corrected chi connectivity index (χ4v) is 0.502. The molecule has 74 valence electrons. The van der Waals surface area contributed by atoms with Crippen LogP contribution in [0, 0.1) is 0 Å². The number of rotatable bonds is 3. The Morgan fingerprint density at radius 1 is 1.00 bits per heavy atom. The molecule has 0 fully saturated rings. The normalized spacial score (nSPS) is 12.5. The van der Waals surface area contributed by atoms with Crippen molar-refractivity contribution in [2.45, 2.75) is 27.7 Å². The zero-order valence-electron chi connectivity index (χ0n) is 9.12. The fraction of sp³-hybridized carbons (Fsp3) is 0.333. The Labute approximate surface area is 82.3 Å². The highest BCUT2D eigenvalue weighted by Gasteiger charge is 1.72. The Bertz CT molecular complexity index is 195. The molecule has 1 nitrogen and oxygen atoms in total. The monoisotopic (exact) mass is 179 g/mol. The summed E-state index contributed by atoms with van der Waals surface area (Å²) in [4.78, 5) is 0. The summed E-state index contributed by atoms with van der Waals surface area (Å²) in [5, 5.41) is 0. The van der Waals surface area contributed by atoms with Crippen molar-refractivity contribution in [1.29, 1.82) is 0 Å². The minimum absolute atomic E-state index is 1.06. The highest BCUT2D eigenvalue weighted by molar-refractivity contribution is 5.20. The predicted molar refractivity (Wildman–Crippen MR) is 62.4 cm³/mol. The van der Waals surface area contributed by atoms with Crippen LogP contribution >= 0.6 is 0 Å². The molecule has 1 heteroatoms. The number of allylic oxidation sites excluding steroid dienone is 7. The molecule has 2 N–H and O–H groups in total. The van der Waals surface area contributed by atoms with E-state index in [1.54, 1.807) is 6.20 Å². The summed E-state index contributed by atoms with van der Waals surface area (Å²) in [6.07, 6.45) is 13.4. The van der Waals surface area contributed by atoms with Gasteiger partial charge in [-0.25, -0.2) is 0 Å². The molecule has 0 spiro atoms. The summed E-state index contributed by atoms with van der Waals surface area (Å²) in [5.74, 6) is 0. The molecular weight excluding hydrogens is 158 g/mol. The van der Waals surface area contributed by atoms with E-state index in [9.17, 15) is 0 Å². The van der Waals surface area contributed by atoms with Crippen LogP contribution in [0.25, 0.3) is 0 Å². The lowest BCUT2D eigenvalue weighted by Crippen LogP contribution is -1.79. The molecule has 0 saturated heterocycles. The van der Waals surface area contributed by atoms with Crippen LogP contribution in [0.2, 0.25) is 0 Å². The van der Waals surface area contributed by atoms with E-state index < -0.39 is 0 Å². The minimum atomic E-state index is 1.06. The van der Waals surface area contributed by atoms with Crippen molar-refractivity contribution in [1.82, 2.24) is 0 Å². The molecule has 0 aliphatic heterocycles. The SMILES string of the molecule is CC.C\C=C/C=C\C=C\C(C)=C/N. The summed E-state index contributed by atoms with van der Waals surface area (Å²) in [7, 11) is 0. The maximum absolute atomic E-state index is 5.26. The molecule has 0 unspecified atom stereocenters. The first-order valence-corrected chi connectivity index (χ1v) is 4.65. The van der Waals surface area contributed by atoms with Crippen molar-refractivity contribution < 1.29 is 0 Å². The largest absolute Gasteiger partial charge is 0.404 e. The molecule has 0 saturated carbocycles. The van der Waals surface area contributed by atoms with Crippen molar-refractivity contribution in [3.8, 4) is 0 Å². The quantitative estimate of drug-likeness (QED) is 0.659. The van der Waals surface area contributed by atoms with Crippen molar-refractivity contribution in [2.75, 3.05) is 0 Å². The third-order valence-electron chi connectivity index (χ3n) is 1.15. The van der Waals surface area contributed by atoms with Crippen molar-refractivity contribution in [3.63, 3.8) is 0 Å². The molecule has 13 heavy (non-hydrogen) atoms. The number of nitrogens with two attached hydrogens (primary N) is 1. The summed E-state index contributed by atoms with van der Waals surface area (Å²) >= 11 is 0. The van der Waals surface area contributed by atoms with Gasteiger partial charge >= 0.3 is 0 Å². The summed E-state index contributed by atoms with van der Waals surface area (Å²) in [6.45, 7) is 7.94. The van der Waals surface area contributed by atoms with E-state index in [0.717, 1.165) is 5.57 Å². The predicted octanol–water partition coefficient (Wildman–Crippen LogP) is 3.56. The second kappa shape index (κ2) is 13.4. The van der Waals surface area contributed by atoms with E-state index in [4.69, 9.17) is 5.73 Å². The van der Waals surface area contributed by atoms with Crippen LogP contribution in [0.4, 0.5) is 0 Å². The van der Waals surface area contributed by atoms with Crippen LogP contribution < -0.4 is 5.73 Å². The Morgan fingerprint density at radius 2 is 1.54 bits per heavy atom. The van der Waals surface area contributed by atoms with E-state index in [1.807, 2.05) is 64.2 Å². The van der Waals surface area contributed by atoms with Gasteiger partial charge in [-0.1, -0.05) is 50.3 Å². The average Bonchev–Trinajstić information content (AvgIpc) is 2.20. The minimum Gasteiger partial charge on any atom is -0.404 e. The Balaban J connectivity index is 0. The first-order chi connectivity index (χ1) is 6.31. The standard InChI is InChI=1S/C10H15N.C2H6/c1-3-4-5-6-7-8-10(2)9-11;1-2/h3-9H,11H2,1-2H3;1-2H3/b4-3-,6-5-,8-7+,10-9-;.